The summed E-state index contributed by atoms with van der Waals surface area (Å²) in [5.74, 6) is 1.62. The molecule has 0 aliphatic heterocycles. The van der Waals surface area contributed by atoms with Gasteiger partial charge in [-0.2, -0.15) is 0 Å². The Bertz CT molecular complexity index is 942. The predicted molar refractivity (Wildman–Crippen MR) is 121 cm³/mol. The molecule has 0 bridgehead atoms. The Kier molecular flexibility index (Phi) is 7.72. The highest BCUT2D eigenvalue weighted by Crippen LogP contribution is 2.26. The van der Waals surface area contributed by atoms with E-state index < -0.39 is 0 Å². The summed E-state index contributed by atoms with van der Waals surface area (Å²) < 4.78 is 11.7. The molecule has 0 atom stereocenters. The molecule has 0 aliphatic rings. The molecule has 5 heteroatoms. The van der Waals surface area contributed by atoms with Gasteiger partial charge in [-0.1, -0.05) is 68.4 Å². The van der Waals surface area contributed by atoms with Crippen LogP contribution in [0.5, 0.6) is 11.5 Å². The van der Waals surface area contributed by atoms with Gasteiger partial charge in [0.05, 0.1) is 24.5 Å². The molecule has 1 amide bonds. The van der Waals surface area contributed by atoms with Crippen molar-refractivity contribution in [2.75, 3.05) is 23.8 Å². The van der Waals surface area contributed by atoms with Gasteiger partial charge in [-0.3, -0.25) is 4.79 Å². The van der Waals surface area contributed by atoms with E-state index >= 15 is 0 Å². The van der Waals surface area contributed by atoms with Gasteiger partial charge in [-0.15, -0.1) is 0 Å². The molecular weight excluding hydrogens is 376 g/mol. The molecular formula is C25H28N2O3. The van der Waals surface area contributed by atoms with E-state index in [1.165, 1.54) is 0 Å². The topological polar surface area (TPSA) is 59.6 Å². The fourth-order valence-electron chi connectivity index (χ4n) is 2.80. The monoisotopic (exact) mass is 404 g/mol. The third-order valence-electron chi connectivity index (χ3n) is 4.30. The maximum absolute atomic E-state index is 12.5. The maximum Gasteiger partial charge on any atom is 0.243 e. The van der Waals surface area contributed by atoms with Crippen LogP contribution in [0.15, 0.2) is 78.9 Å². The molecule has 0 fully saturated rings. The minimum absolute atomic E-state index is 0.115. The van der Waals surface area contributed by atoms with Crippen LogP contribution >= 0.6 is 0 Å². The lowest BCUT2D eigenvalue weighted by atomic mass is 10.2. The van der Waals surface area contributed by atoms with Crippen LogP contribution in [0.25, 0.3) is 0 Å². The third-order valence-corrected chi connectivity index (χ3v) is 4.30. The molecule has 0 saturated heterocycles. The maximum atomic E-state index is 12.5. The van der Waals surface area contributed by atoms with E-state index in [0.717, 1.165) is 11.3 Å². The number of carbonyl (C=O) groups excluding carboxylic acids is 1. The summed E-state index contributed by atoms with van der Waals surface area (Å²) in [5.41, 5.74) is 2.52. The predicted octanol–water partition coefficient (Wildman–Crippen LogP) is 5.35. The Balaban J connectivity index is 1.56. The number of rotatable bonds is 10. The van der Waals surface area contributed by atoms with Gasteiger partial charge in [0.25, 0.3) is 0 Å². The van der Waals surface area contributed by atoms with Crippen molar-refractivity contribution in [1.29, 1.82) is 0 Å². The second-order valence-electron chi connectivity index (χ2n) is 7.37. The largest absolute Gasteiger partial charge is 0.491 e. The molecule has 0 spiro atoms. The molecule has 156 valence electrons. The van der Waals surface area contributed by atoms with Crippen molar-refractivity contribution in [2.45, 2.75) is 20.5 Å². The van der Waals surface area contributed by atoms with Crippen LogP contribution in [0.2, 0.25) is 0 Å². The summed E-state index contributed by atoms with van der Waals surface area (Å²) >= 11 is 0. The molecule has 5 nitrogen and oxygen atoms in total. The lowest BCUT2D eigenvalue weighted by Crippen LogP contribution is -2.22. The van der Waals surface area contributed by atoms with Gasteiger partial charge in [0.1, 0.15) is 18.1 Å². The molecule has 2 N–H and O–H groups in total. The van der Waals surface area contributed by atoms with Gasteiger partial charge < -0.3 is 20.1 Å². The number of hydrogen-bond donors (Lipinski definition) is 2. The molecule has 3 rings (SSSR count). The highest BCUT2D eigenvalue weighted by atomic mass is 16.5. The van der Waals surface area contributed by atoms with Gasteiger partial charge in [0, 0.05) is 0 Å². The van der Waals surface area contributed by atoms with E-state index in [2.05, 4.69) is 24.5 Å². The Labute approximate surface area is 178 Å². The second-order valence-corrected chi connectivity index (χ2v) is 7.37. The normalized spacial score (nSPS) is 10.5. The Morgan fingerprint density at radius 3 is 2.10 bits per heavy atom. The van der Waals surface area contributed by atoms with E-state index in [-0.39, 0.29) is 12.5 Å². The first-order valence-corrected chi connectivity index (χ1v) is 10.1. The summed E-state index contributed by atoms with van der Waals surface area (Å²) in [5, 5.41) is 6.08. The minimum Gasteiger partial charge on any atom is -0.491 e. The second kappa shape index (κ2) is 10.9. The molecule has 0 aliphatic carbocycles. The zero-order valence-corrected chi connectivity index (χ0v) is 17.4. The fourth-order valence-corrected chi connectivity index (χ4v) is 2.80. The first kappa shape index (κ1) is 21.2. The van der Waals surface area contributed by atoms with E-state index in [1.807, 2.05) is 78.9 Å². The Hall–Kier alpha value is -3.47. The number of anilines is 2. The standard InChI is InChI=1S/C25H28N2O3/c1-19(2)17-29-24-15-9-7-13-22(24)27-25(28)16-26-21-12-6-8-14-23(21)30-18-20-10-4-3-5-11-20/h3-15,19,26H,16-18H2,1-2H3,(H,27,28). The van der Waals surface area contributed by atoms with E-state index in [4.69, 9.17) is 9.47 Å². The molecule has 30 heavy (non-hydrogen) atoms. The van der Waals surface area contributed by atoms with Crippen molar-refractivity contribution < 1.29 is 14.3 Å². The van der Waals surface area contributed by atoms with Crippen LogP contribution < -0.4 is 20.1 Å². The van der Waals surface area contributed by atoms with Crippen molar-refractivity contribution in [3.63, 3.8) is 0 Å². The zero-order chi connectivity index (χ0) is 21.2. The van der Waals surface area contributed by atoms with Gasteiger partial charge in [0.2, 0.25) is 5.91 Å². The number of carbonyl (C=O) groups is 1. The first-order valence-electron chi connectivity index (χ1n) is 10.1. The van der Waals surface area contributed by atoms with E-state index in [0.29, 0.717) is 36.3 Å². The number of hydrogen-bond acceptors (Lipinski definition) is 4. The zero-order valence-electron chi connectivity index (χ0n) is 17.4. The Morgan fingerprint density at radius 2 is 1.40 bits per heavy atom. The molecule has 0 saturated carbocycles. The number of nitrogens with one attached hydrogen (secondary N) is 2. The first-order chi connectivity index (χ1) is 14.6. The van der Waals surface area contributed by atoms with E-state index in [1.54, 1.807) is 0 Å². The molecule has 0 heterocycles. The van der Waals surface area contributed by atoms with E-state index in [9.17, 15) is 4.79 Å². The van der Waals surface area contributed by atoms with Gasteiger partial charge >= 0.3 is 0 Å². The smallest absolute Gasteiger partial charge is 0.243 e. The fraction of sp³-hybridized carbons (Fsp3) is 0.240. The highest BCUT2D eigenvalue weighted by molar-refractivity contribution is 5.95. The van der Waals surface area contributed by atoms with Crippen LogP contribution in [-0.2, 0) is 11.4 Å². The molecule has 0 radical (unpaired) electrons. The van der Waals surface area contributed by atoms with Crippen LogP contribution in [0.4, 0.5) is 11.4 Å². The summed E-state index contributed by atoms with van der Waals surface area (Å²) in [4.78, 5) is 12.5. The van der Waals surface area contributed by atoms with Crippen molar-refractivity contribution in [3.8, 4) is 11.5 Å². The molecule has 3 aromatic rings. The third kappa shape index (κ3) is 6.55. The SMILES string of the molecule is CC(C)COc1ccccc1NC(=O)CNc1ccccc1OCc1ccccc1. The van der Waals surface area contributed by atoms with Crippen LogP contribution in [-0.4, -0.2) is 19.1 Å². The number of benzene rings is 3. The van der Waals surface area contributed by atoms with Crippen molar-refractivity contribution in [2.24, 2.45) is 5.92 Å². The lowest BCUT2D eigenvalue weighted by Gasteiger charge is -2.15. The van der Waals surface area contributed by atoms with Gasteiger partial charge in [-0.05, 0) is 35.7 Å². The lowest BCUT2D eigenvalue weighted by molar-refractivity contribution is -0.114. The average Bonchev–Trinajstić information content (AvgIpc) is 2.77. The minimum atomic E-state index is -0.159. The van der Waals surface area contributed by atoms with Crippen LogP contribution in [0.1, 0.15) is 19.4 Å². The van der Waals surface area contributed by atoms with Crippen molar-refractivity contribution >= 4 is 17.3 Å². The molecule has 3 aromatic carbocycles. The Morgan fingerprint density at radius 1 is 0.800 bits per heavy atom. The van der Waals surface area contributed by atoms with Gasteiger partial charge in [0.15, 0.2) is 0 Å². The number of amides is 1. The van der Waals surface area contributed by atoms with Crippen molar-refractivity contribution in [3.05, 3.63) is 84.4 Å². The van der Waals surface area contributed by atoms with Crippen LogP contribution in [0, 0.1) is 5.92 Å². The van der Waals surface area contributed by atoms with Gasteiger partial charge in [-0.25, -0.2) is 0 Å². The number of ether oxygens (including phenoxy) is 2. The summed E-state index contributed by atoms with van der Waals surface area (Å²) in [6.07, 6.45) is 0. The number of para-hydroxylation sites is 4. The summed E-state index contributed by atoms with van der Waals surface area (Å²) in [6.45, 7) is 5.35. The van der Waals surface area contributed by atoms with Crippen LogP contribution in [0.3, 0.4) is 0 Å². The summed E-state index contributed by atoms with van der Waals surface area (Å²) in [6, 6.07) is 25.0. The summed E-state index contributed by atoms with van der Waals surface area (Å²) in [7, 11) is 0. The molecule has 0 unspecified atom stereocenters. The highest BCUT2D eigenvalue weighted by Gasteiger charge is 2.10. The van der Waals surface area contributed by atoms with Crippen molar-refractivity contribution in [1.82, 2.24) is 0 Å². The molecule has 0 aromatic heterocycles. The quantitative estimate of drug-likeness (QED) is 0.478. The average molecular weight is 405 g/mol.